The van der Waals surface area contributed by atoms with Gasteiger partial charge in [0.25, 0.3) is 0 Å². The van der Waals surface area contributed by atoms with Gasteiger partial charge in [-0.25, -0.2) is 9.37 Å². The first-order valence-corrected chi connectivity index (χ1v) is 11.0. The molecule has 1 aromatic carbocycles. The van der Waals surface area contributed by atoms with Crippen LogP contribution in [-0.4, -0.2) is 25.2 Å². The van der Waals surface area contributed by atoms with Crippen molar-refractivity contribution in [3.8, 4) is 16.9 Å². The van der Waals surface area contributed by atoms with E-state index in [1.54, 1.807) is 16.8 Å². The SMILES string of the molecule is Cc1cc(-c2csc(NC(=O)C3CC3c3cnn(C)c3)n2)c(C)n1-c1ccc(F)cc1. The standard InChI is InChI=1S/C23H22FN5OS/c1-13-8-18(14(2)29(13)17-6-4-16(24)5-7-17)21-12-31-23(26-21)27-22(30)20-9-19(20)15-10-25-28(3)11-15/h4-8,10-12,19-20H,9H2,1-3H3,(H,26,27,30). The van der Waals surface area contributed by atoms with Crippen molar-refractivity contribution < 1.29 is 9.18 Å². The summed E-state index contributed by atoms with van der Waals surface area (Å²) in [4.78, 5) is 17.3. The number of nitrogens with one attached hydrogen (secondary N) is 1. The number of benzene rings is 1. The maximum absolute atomic E-state index is 13.3. The number of hydrogen-bond donors (Lipinski definition) is 1. The number of carbonyl (C=O) groups is 1. The summed E-state index contributed by atoms with van der Waals surface area (Å²) in [5, 5.41) is 9.72. The van der Waals surface area contributed by atoms with Gasteiger partial charge in [0.15, 0.2) is 5.13 Å². The van der Waals surface area contributed by atoms with Crippen molar-refractivity contribution in [3.63, 3.8) is 0 Å². The van der Waals surface area contributed by atoms with Gasteiger partial charge in [0.05, 0.1) is 11.9 Å². The van der Waals surface area contributed by atoms with Gasteiger partial charge in [-0.2, -0.15) is 5.10 Å². The summed E-state index contributed by atoms with van der Waals surface area (Å²) in [7, 11) is 1.88. The molecule has 1 aliphatic rings. The van der Waals surface area contributed by atoms with Gasteiger partial charge in [-0.1, -0.05) is 0 Å². The summed E-state index contributed by atoms with van der Waals surface area (Å²) in [5.74, 6) is -0.0397. The van der Waals surface area contributed by atoms with Crippen LogP contribution in [-0.2, 0) is 11.8 Å². The first kappa shape index (κ1) is 19.7. The predicted octanol–water partition coefficient (Wildman–Crippen LogP) is 4.83. The zero-order valence-corrected chi connectivity index (χ0v) is 18.3. The fraction of sp³-hybridized carbons (Fsp3) is 0.261. The number of carbonyl (C=O) groups excluding carboxylic acids is 1. The molecular weight excluding hydrogens is 413 g/mol. The number of hydrogen-bond acceptors (Lipinski definition) is 4. The molecule has 3 aromatic heterocycles. The van der Waals surface area contributed by atoms with E-state index >= 15 is 0 Å². The minimum absolute atomic E-state index is 0.00605. The molecule has 2 atom stereocenters. The molecule has 6 nitrogen and oxygen atoms in total. The molecule has 8 heteroatoms. The normalized spacial score (nSPS) is 17.7. The molecule has 1 amide bonds. The Bertz CT molecular complexity index is 1270. The third-order valence-corrected chi connectivity index (χ3v) is 6.56. The largest absolute Gasteiger partial charge is 0.318 e. The number of halogens is 1. The second-order valence-corrected chi connectivity index (χ2v) is 8.88. The smallest absolute Gasteiger partial charge is 0.229 e. The van der Waals surface area contributed by atoms with Crippen LogP contribution in [0, 0.1) is 25.6 Å². The highest BCUT2D eigenvalue weighted by Gasteiger charge is 2.44. The van der Waals surface area contributed by atoms with Crippen molar-refractivity contribution in [2.75, 3.05) is 5.32 Å². The second kappa shape index (κ2) is 7.46. The fourth-order valence-electron chi connectivity index (χ4n) is 4.15. The van der Waals surface area contributed by atoms with Crippen LogP contribution in [0.15, 0.2) is 48.1 Å². The van der Waals surface area contributed by atoms with Crippen molar-refractivity contribution in [1.82, 2.24) is 19.3 Å². The zero-order valence-electron chi connectivity index (χ0n) is 17.5. The molecule has 1 aliphatic carbocycles. The number of aromatic nitrogens is 4. The highest BCUT2D eigenvalue weighted by molar-refractivity contribution is 7.14. The molecule has 158 valence electrons. The molecule has 0 bridgehead atoms. The van der Waals surface area contributed by atoms with Gasteiger partial charge in [0, 0.05) is 47.2 Å². The van der Waals surface area contributed by atoms with Gasteiger partial charge < -0.3 is 9.88 Å². The molecule has 0 spiro atoms. The molecular formula is C23H22FN5OS. The minimum atomic E-state index is -0.257. The summed E-state index contributed by atoms with van der Waals surface area (Å²) < 4.78 is 17.1. The number of anilines is 1. The molecule has 3 heterocycles. The average molecular weight is 436 g/mol. The molecule has 0 radical (unpaired) electrons. The molecule has 1 saturated carbocycles. The maximum Gasteiger partial charge on any atom is 0.229 e. The maximum atomic E-state index is 13.3. The fourth-order valence-corrected chi connectivity index (χ4v) is 4.86. The zero-order chi connectivity index (χ0) is 21.7. The van der Waals surface area contributed by atoms with Crippen molar-refractivity contribution in [2.45, 2.75) is 26.2 Å². The van der Waals surface area contributed by atoms with E-state index in [4.69, 9.17) is 0 Å². The Morgan fingerprint density at radius 1 is 1.26 bits per heavy atom. The molecule has 4 aromatic rings. The lowest BCUT2D eigenvalue weighted by Crippen LogP contribution is -2.14. The second-order valence-electron chi connectivity index (χ2n) is 8.02. The molecule has 1 N–H and O–H groups in total. The lowest BCUT2D eigenvalue weighted by atomic mass is 10.2. The topological polar surface area (TPSA) is 64.7 Å². The Labute approximate surface area is 183 Å². The van der Waals surface area contributed by atoms with Crippen molar-refractivity contribution in [3.05, 3.63) is 70.9 Å². The van der Waals surface area contributed by atoms with E-state index in [9.17, 15) is 9.18 Å². The van der Waals surface area contributed by atoms with E-state index < -0.39 is 0 Å². The van der Waals surface area contributed by atoms with Crippen LogP contribution in [0.3, 0.4) is 0 Å². The van der Waals surface area contributed by atoms with Gasteiger partial charge in [-0.05, 0) is 62.1 Å². The van der Waals surface area contributed by atoms with Crippen molar-refractivity contribution >= 4 is 22.4 Å². The molecule has 31 heavy (non-hydrogen) atoms. The quantitative estimate of drug-likeness (QED) is 0.488. The van der Waals surface area contributed by atoms with E-state index in [0.717, 1.165) is 40.3 Å². The van der Waals surface area contributed by atoms with Gasteiger partial charge >= 0.3 is 0 Å². The van der Waals surface area contributed by atoms with Crippen molar-refractivity contribution in [1.29, 1.82) is 0 Å². The predicted molar refractivity (Wildman–Crippen MR) is 119 cm³/mol. The Balaban J connectivity index is 1.32. The minimum Gasteiger partial charge on any atom is -0.318 e. The van der Waals surface area contributed by atoms with E-state index in [0.29, 0.717) is 5.13 Å². The lowest BCUT2D eigenvalue weighted by molar-refractivity contribution is -0.117. The third kappa shape index (κ3) is 3.67. The van der Waals surface area contributed by atoms with Crippen LogP contribution in [0.5, 0.6) is 0 Å². The van der Waals surface area contributed by atoms with E-state index in [1.165, 1.54) is 23.5 Å². The summed E-state index contributed by atoms with van der Waals surface area (Å²) in [6, 6.07) is 8.51. The molecule has 0 saturated heterocycles. The van der Waals surface area contributed by atoms with E-state index in [2.05, 4.69) is 26.0 Å². The van der Waals surface area contributed by atoms with Crippen LogP contribution in [0.4, 0.5) is 9.52 Å². The third-order valence-electron chi connectivity index (χ3n) is 5.81. The number of thiazole rings is 1. The average Bonchev–Trinajstić information content (AvgIpc) is 3.04. The van der Waals surface area contributed by atoms with Gasteiger partial charge in [0.1, 0.15) is 5.82 Å². The first-order valence-electron chi connectivity index (χ1n) is 10.1. The Kier molecular flexibility index (Phi) is 4.74. The lowest BCUT2D eigenvalue weighted by Gasteiger charge is -2.09. The summed E-state index contributed by atoms with van der Waals surface area (Å²) in [6.07, 6.45) is 4.64. The Hall–Kier alpha value is -3.26. The van der Waals surface area contributed by atoms with Gasteiger partial charge in [-0.15, -0.1) is 11.3 Å². The number of amides is 1. The number of aryl methyl sites for hydroxylation is 2. The summed E-state index contributed by atoms with van der Waals surface area (Å²) in [6.45, 7) is 4.03. The van der Waals surface area contributed by atoms with Crippen LogP contribution < -0.4 is 5.32 Å². The van der Waals surface area contributed by atoms with Crippen LogP contribution in [0.25, 0.3) is 16.9 Å². The number of nitrogens with zero attached hydrogens (tertiary/aromatic N) is 4. The number of rotatable bonds is 5. The van der Waals surface area contributed by atoms with Crippen molar-refractivity contribution in [2.24, 2.45) is 13.0 Å². The highest BCUT2D eigenvalue weighted by Crippen LogP contribution is 2.48. The van der Waals surface area contributed by atoms with Crippen LogP contribution in [0.2, 0.25) is 0 Å². The van der Waals surface area contributed by atoms with Crippen LogP contribution in [0.1, 0.15) is 29.3 Å². The highest BCUT2D eigenvalue weighted by atomic mass is 32.1. The Morgan fingerprint density at radius 3 is 2.74 bits per heavy atom. The molecule has 2 unspecified atom stereocenters. The monoisotopic (exact) mass is 435 g/mol. The molecule has 0 aliphatic heterocycles. The van der Waals surface area contributed by atoms with Gasteiger partial charge in [-0.3, -0.25) is 9.48 Å². The van der Waals surface area contributed by atoms with E-state index in [1.807, 2.05) is 38.7 Å². The molecule has 1 fully saturated rings. The summed E-state index contributed by atoms with van der Waals surface area (Å²) >= 11 is 1.42. The summed E-state index contributed by atoms with van der Waals surface area (Å²) in [5.41, 5.74) is 5.89. The van der Waals surface area contributed by atoms with Gasteiger partial charge in [0.2, 0.25) is 5.91 Å². The first-order chi connectivity index (χ1) is 14.9. The Morgan fingerprint density at radius 2 is 2.03 bits per heavy atom. The van der Waals surface area contributed by atoms with Crippen LogP contribution >= 0.6 is 11.3 Å². The van der Waals surface area contributed by atoms with E-state index in [-0.39, 0.29) is 23.6 Å². The molecule has 5 rings (SSSR count).